The monoisotopic (exact) mass is 305 g/mol. The van der Waals surface area contributed by atoms with E-state index in [1.54, 1.807) is 0 Å². The first kappa shape index (κ1) is 15.5. The molecule has 0 saturated carbocycles. The highest BCUT2D eigenvalue weighted by Gasteiger charge is 2.10. The Labute approximate surface area is 128 Å². The lowest BCUT2D eigenvalue weighted by molar-refractivity contribution is 0.219. The van der Waals surface area contributed by atoms with Crippen LogP contribution in [0, 0.1) is 13.8 Å². The highest BCUT2D eigenvalue weighted by Crippen LogP contribution is 2.27. The van der Waals surface area contributed by atoms with Crippen LogP contribution >= 0.6 is 11.8 Å². The van der Waals surface area contributed by atoms with Crippen LogP contribution in [0.15, 0.2) is 28.3 Å². The van der Waals surface area contributed by atoms with Gasteiger partial charge in [0.25, 0.3) is 0 Å². The SMILES string of the molecule is Cc1ccc(Sc2nc(NN)nc(OC(C)C)n2)cc1C. The fraction of sp³-hybridized carbons (Fsp3) is 0.357. The van der Waals surface area contributed by atoms with Crippen molar-refractivity contribution >= 4 is 17.7 Å². The smallest absolute Gasteiger partial charge is 0.322 e. The molecule has 0 unspecified atom stereocenters. The number of nitrogen functional groups attached to an aromatic ring is 1. The summed E-state index contributed by atoms with van der Waals surface area (Å²) in [6.07, 6.45) is -0.0162. The van der Waals surface area contributed by atoms with Crippen LogP contribution in [0.4, 0.5) is 5.95 Å². The molecule has 1 aromatic carbocycles. The zero-order valence-corrected chi connectivity index (χ0v) is 13.4. The van der Waals surface area contributed by atoms with E-state index in [1.807, 2.05) is 19.9 Å². The number of hydrogen-bond acceptors (Lipinski definition) is 7. The summed E-state index contributed by atoms with van der Waals surface area (Å²) in [6, 6.07) is 6.48. The van der Waals surface area contributed by atoms with E-state index in [-0.39, 0.29) is 18.1 Å². The maximum atomic E-state index is 5.51. The molecule has 0 spiro atoms. The third-order valence-corrected chi connectivity index (χ3v) is 3.61. The second-order valence-corrected chi connectivity index (χ2v) is 5.92. The molecule has 0 saturated heterocycles. The molecule has 0 aliphatic rings. The number of nitrogens with one attached hydrogen (secondary N) is 1. The summed E-state index contributed by atoms with van der Waals surface area (Å²) in [5.74, 6) is 5.67. The fourth-order valence-corrected chi connectivity index (χ4v) is 2.43. The predicted octanol–water partition coefficient (Wildman–Crippen LogP) is 2.71. The second kappa shape index (κ2) is 6.73. The summed E-state index contributed by atoms with van der Waals surface area (Å²) in [7, 11) is 0. The van der Waals surface area contributed by atoms with Crippen molar-refractivity contribution < 1.29 is 4.74 Å². The molecule has 0 aliphatic heterocycles. The highest BCUT2D eigenvalue weighted by molar-refractivity contribution is 7.99. The van der Waals surface area contributed by atoms with Crippen LogP contribution in [0.1, 0.15) is 25.0 Å². The predicted molar refractivity (Wildman–Crippen MR) is 83.4 cm³/mol. The van der Waals surface area contributed by atoms with E-state index in [2.05, 4.69) is 46.4 Å². The Hall–Kier alpha value is -1.86. The number of hydrogen-bond donors (Lipinski definition) is 2. The number of anilines is 1. The van der Waals surface area contributed by atoms with Crippen LogP contribution in [0.25, 0.3) is 0 Å². The van der Waals surface area contributed by atoms with Gasteiger partial charge in [0, 0.05) is 4.90 Å². The van der Waals surface area contributed by atoms with Crippen molar-refractivity contribution in [2.24, 2.45) is 5.84 Å². The van der Waals surface area contributed by atoms with Gasteiger partial charge >= 0.3 is 6.01 Å². The number of nitrogens with zero attached hydrogens (tertiary/aromatic N) is 3. The number of aromatic nitrogens is 3. The summed E-state index contributed by atoms with van der Waals surface area (Å²) in [5, 5.41) is 0.539. The third kappa shape index (κ3) is 4.30. The zero-order valence-electron chi connectivity index (χ0n) is 12.5. The summed E-state index contributed by atoms with van der Waals surface area (Å²) in [6.45, 7) is 7.98. The summed E-state index contributed by atoms with van der Waals surface area (Å²) < 4.78 is 5.51. The van der Waals surface area contributed by atoms with Crippen molar-refractivity contribution in [1.29, 1.82) is 0 Å². The van der Waals surface area contributed by atoms with Crippen molar-refractivity contribution in [3.05, 3.63) is 29.3 Å². The first-order valence-corrected chi connectivity index (χ1v) is 7.44. The van der Waals surface area contributed by atoms with E-state index in [0.717, 1.165) is 4.90 Å². The van der Waals surface area contributed by atoms with Crippen LogP contribution in [-0.4, -0.2) is 21.1 Å². The maximum absolute atomic E-state index is 5.51. The molecular weight excluding hydrogens is 286 g/mol. The molecule has 0 fully saturated rings. The van der Waals surface area contributed by atoms with Gasteiger partial charge in [-0.05, 0) is 62.7 Å². The molecular formula is C14H19N5OS. The van der Waals surface area contributed by atoms with Gasteiger partial charge in [0.1, 0.15) is 0 Å². The Balaban J connectivity index is 2.27. The molecule has 1 aromatic heterocycles. The Morgan fingerprint density at radius 3 is 2.52 bits per heavy atom. The van der Waals surface area contributed by atoms with E-state index in [1.165, 1.54) is 22.9 Å². The highest BCUT2D eigenvalue weighted by atomic mass is 32.2. The molecule has 21 heavy (non-hydrogen) atoms. The largest absolute Gasteiger partial charge is 0.461 e. The van der Waals surface area contributed by atoms with Gasteiger partial charge < -0.3 is 4.74 Å². The molecule has 2 rings (SSSR count). The Kier molecular flexibility index (Phi) is 4.98. The number of hydrazine groups is 1. The van der Waals surface area contributed by atoms with Gasteiger partial charge in [0.05, 0.1) is 6.10 Å². The van der Waals surface area contributed by atoms with E-state index < -0.39 is 0 Å². The number of aryl methyl sites for hydroxylation is 2. The summed E-state index contributed by atoms with van der Waals surface area (Å²) >= 11 is 1.44. The number of ether oxygens (including phenoxy) is 1. The van der Waals surface area contributed by atoms with E-state index >= 15 is 0 Å². The molecule has 0 bridgehead atoms. The molecule has 0 amide bonds. The van der Waals surface area contributed by atoms with Gasteiger partial charge in [-0.1, -0.05) is 6.07 Å². The Morgan fingerprint density at radius 2 is 1.90 bits per heavy atom. The van der Waals surface area contributed by atoms with Crippen LogP contribution in [0.3, 0.4) is 0 Å². The fourth-order valence-electron chi connectivity index (χ4n) is 1.59. The van der Waals surface area contributed by atoms with Crippen LogP contribution in [0.5, 0.6) is 6.01 Å². The van der Waals surface area contributed by atoms with Crippen molar-refractivity contribution in [2.45, 2.75) is 43.9 Å². The van der Waals surface area contributed by atoms with Crippen molar-refractivity contribution in [2.75, 3.05) is 5.43 Å². The van der Waals surface area contributed by atoms with Crippen molar-refractivity contribution in [1.82, 2.24) is 15.0 Å². The van der Waals surface area contributed by atoms with E-state index in [0.29, 0.717) is 5.16 Å². The van der Waals surface area contributed by atoms with E-state index in [4.69, 9.17) is 10.6 Å². The van der Waals surface area contributed by atoms with Crippen LogP contribution in [0.2, 0.25) is 0 Å². The second-order valence-electron chi connectivity index (χ2n) is 4.88. The lowest BCUT2D eigenvalue weighted by atomic mass is 10.1. The third-order valence-electron chi connectivity index (χ3n) is 2.75. The van der Waals surface area contributed by atoms with Crippen molar-refractivity contribution in [3.8, 4) is 6.01 Å². The molecule has 1 heterocycles. The minimum absolute atomic E-state index is 0.0162. The first-order valence-electron chi connectivity index (χ1n) is 6.62. The van der Waals surface area contributed by atoms with Gasteiger partial charge in [0.15, 0.2) is 0 Å². The summed E-state index contributed by atoms with van der Waals surface area (Å²) in [4.78, 5) is 13.7. The molecule has 7 heteroatoms. The quantitative estimate of drug-likeness (QED) is 0.648. The number of benzene rings is 1. The topological polar surface area (TPSA) is 86.0 Å². The molecule has 6 nitrogen and oxygen atoms in total. The first-order chi connectivity index (χ1) is 9.97. The molecule has 2 aromatic rings. The lowest BCUT2D eigenvalue weighted by Gasteiger charge is -2.10. The minimum atomic E-state index is -0.0162. The van der Waals surface area contributed by atoms with Gasteiger partial charge in [-0.25, -0.2) is 5.84 Å². The Morgan fingerprint density at radius 1 is 1.14 bits per heavy atom. The van der Waals surface area contributed by atoms with Crippen LogP contribution < -0.4 is 16.0 Å². The molecule has 0 atom stereocenters. The lowest BCUT2D eigenvalue weighted by Crippen LogP contribution is -2.14. The average molecular weight is 305 g/mol. The zero-order chi connectivity index (χ0) is 15.4. The van der Waals surface area contributed by atoms with Gasteiger partial charge in [-0.2, -0.15) is 15.0 Å². The normalized spacial score (nSPS) is 10.8. The number of rotatable bonds is 5. The molecule has 0 aliphatic carbocycles. The number of nitrogens with two attached hydrogens (primary N) is 1. The molecule has 3 N–H and O–H groups in total. The Bertz CT molecular complexity index is 633. The maximum Gasteiger partial charge on any atom is 0.322 e. The average Bonchev–Trinajstić information content (AvgIpc) is 2.42. The summed E-state index contributed by atoms with van der Waals surface area (Å²) in [5.41, 5.74) is 4.91. The molecule has 112 valence electrons. The van der Waals surface area contributed by atoms with Gasteiger partial charge in [-0.3, -0.25) is 5.43 Å². The van der Waals surface area contributed by atoms with Crippen molar-refractivity contribution in [3.63, 3.8) is 0 Å². The van der Waals surface area contributed by atoms with E-state index in [9.17, 15) is 0 Å². The molecule has 0 radical (unpaired) electrons. The standard InChI is InChI=1S/C14H19N5OS/c1-8(2)20-13-16-12(19-15)17-14(18-13)21-11-6-5-9(3)10(4)7-11/h5-8H,15H2,1-4H3,(H,16,17,18,19). The van der Waals surface area contributed by atoms with Gasteiger partial charge in [0.2, 0.25) is 11.1 Å². The minimum Gasteiger partial charge on any atom is -0.461 e. The van der Waals surface area contributed by atoms with Gasteiger partial charge in [-0.15, -0.1) is 0 Å². The van der Waals surface area contributed by atoms with Crippen LogP contribution in [-0.2, 0) is 0 Å².